The predicted octanol–water partition coefficient (Wildman–Crippen LogP) is 1.57. The van der Waals surface area contributed by atoms with E-state index in [2.05, 4.69) is 16.8 Å². The Bertz CT molecular complexity index is 264. The van der Waals surface area contributed by atoms with Gasteiger partial charge in [0, 0.05) is 13.0 Å². The van der Waals surface area contributed by atoms with Gasteiger partial charge in [-0.2, -0.15) is 11.3 Å². The molecule has 1 amide bonds. The van der Waals surface area contributed by atoms with Gasteiger partial charge < -0.3 is 11.1 Å². The van der Waals surface area contributed by atoms with E-state index in [4.69, 9.17) is 5.73 Å². The average Bonchev–Trinajstić information content (AvgIpc) is 2.68. The molecule has 0 aliphatic carbocycles. The van der Waals surface area contributed by atoms with Gasteiger partial charge >= 0.3 is 0 Å². The van der Waals surface area contributed by atoms with Gasteiger partial charge in [-0.15, -0.1) is 12.4 Å². The molecule has 0 aliphatic heterocycles. The summed E-state index contributed by atoms with van der Waals surface area (Å²) in [5.74, 6) is 0.115. The van der Waals surface area contributed by atoms with E-state index in [1.165, 1.54) is 5.56 Å². The van der Waals surface area contributed by atoms with Crippen LogP contribution in [0.2, 0.25) is 0 Å². The molecule has 15 heavy (non-hydrogen) atoms. The van der Waals surface area contributed by atoms with E-state index >= 15 is 0 Å². The van der Waals surface area contributed by atoms with Crippen LogP contribution < -0.4 is 11.1 Å². The van der Waals surface area contributed by atoms with E-state index < -0.39 is 0 Å². The summed E-state index contributed by atoms with van der Waals surface area (Å²) in [6.07, 6.45) is 2.25. The van der Waals surface area contributed by atoms with Crippen LogP contribution in [0.15, 0.2) is 16.8 Å². The number of rotatable bonds is 6. The van der Waals surface area contributed by atoms with E-state index in [9.17, 15) is 4.79 Å². The highest BCUT2D eigenvalue weighted by molar-refractivity contribution is 7.07. The first-order valence-electron chi connectivity index (χ1n) is 4.81. The van der Waals surface area contributed by atoms with Crippen LogP contribution in [0.1, 0.15) is 18.4 Å². The van der Waals surface area contributed by atoms with Gasteiger partial charge in [0.1, 0.15) is 0 Å². The maximum absolute atomic E-state index is 11.3. The van der Waals surface area contributed by atoms with Crippen LogP contribution in [-0.2, 0) is 11.2 Å². The van der Waals surface area contributed by atoms with Crippen molar-refractivity contribution in [2.45, 2.75) is 19.3 Å². The number of carbonyl (C=O) groups is 1. The maximum atomic E-state index is 11.3. The fourth-order valence-corrected chi connectivity index (χ4v) is 1.81. The Balaban J connectivity index is 0.00000196. The Kier molecular flexibility index (Phi) is 8.37. The Hall–Kier alpha value is -0.580. The summed E-state index contributed by atoms with van der Waals surface area (Å²) in [5, 5.41) is 6.94. The molecule has 0 atom stereocenters. The van der Waals surface area contributed by atoms with Crippen molar-refractivity contribution in [2.24, 2.45) is 5.73 Å². The number of nitrogens with two attached hydrogens (primary N) is 1. The zero-order valence-electron chi connectivity index (χ0n) is 8.57. The van der Waals surface area contributed by atoms with Gasteiger partial charge in [0.05, 0.1) is 0 Å². The Labute approximate surface area is 100 Å². The highest BCUT2D eigenvalue weighted by Crippen LogP contribution is 2.07. The molecule has 3 N–H and O–H groups in total. The fourth-order valence-electron chi connectivity index (χ4n) is 1.11. The van der Waals surface area contributed by atoms with Gasteiger partial charge in [-0.1, -0.05) is 0 Å². The lowest BCUT2D eigenvalue weighted by Crippen LogP contribution is -2.26. The molecule has 0 aromatic carbocycles. The molecule has 0 aliphatic rings. The lowest BCUT2D eigenvalue weighted by Gasteiger charge is -2.02. The minimum atomic E-state index is 0. The van der Waals surface area contributed by atoms with Crippen LogP contribution in [0, 0.1) is 0 Å². The standard InChI is InChI=1S/C10H16N2OS.ClH/c11-5-1-6-12-10(13)3-2-9-4-7-14-8-9;/h4,7-8H,1-3,5-6,11H2,(H,12,13);1H. The summed E-state index contributed by atoms with van der Waals surface area (Å²) in [6, 6.07) is 2.05. The van der Waals surface area contributed by atoms with Crippen LogP contribution in [-0.4, -0.2) is 19.0 Å². The zero-order chi connectivity index (χ0) is 10.2. The molecule has 3 nitrogen and oxygen atoms in total. The normalized spacial score (nSPS) is 9.40. The Morgan fingerprint density at radius 1 is 1.53 bits per heavy atom. The lowest BCUT2D eigenvalue weighted by molar-refractivity contribution is -0.121. The van der Waals surface area contributed by atoms with Crippen LogP contribution in [0.3, 0.4) is 0 Å². The molecular weight excluding hydrogens is 232 g/mol. The molecule has 0 spiro atoms. The minimum Gasteiger partial charge on any atom is -0.356 e. The van der Waals surface area contributed by atoms with Crippen LogP contribution in [0.5, 0.6) is 0 Å². The summed E-state index contributed by atoms with van der Waals surface area (Å²) in [5.41, 5.74) is 6.56. The van der Waals surface area contributed by atoms with Crippen molar-refractivity contribution >= 4 is 29.7 Å². The third-order valence-corrected chi connectivity index (χ3v) is 2.66. The molecule has 0 radical (unpaired) electrons. The molecule has 0 fully saturated rings. The molecule has 86 valence electrons. The van der Waals surface area contributed by atoms with Gasteiger partial charge in [-0.05, 0) is 41.8 Å². The lowest BCUT2D eigenvalue weighted by atomic mass is 10.2. The molecule has 1 rings (SSSR count). The van der Waals surface area contributed by atoms with Crippen molar-refractivity contribution < 1.29 is 4.79 Å². The number of amides is 1. The topological polar surface area (TPSA) is 55.1 Å². The first-order chi connectivity index (χ1) is 6.83. The first-order valence-corrected chi connectivity index (χ1v) is 5.75. The number of nitrogens with one attached hydrogen (secondary N) is 1. The Morgan fingerprint density at radius 3 is 2.93 bits per heavy atom. The minimum absolute atomic E-state index is 0. The average molecular weight is 249 g/mol. The molecule has 0 unspecified atom stereocenters. The van der Waals surface area contributed by atoms with Gasteiger partial charge in [0.2, 0.25) is 5.91 Å². The molecule has 0 saturated heterocycles. The number of hydrogen-bond donors (Lipinski definition) is 2. The number of hydrogen-bond acceptors (Lipinski definition) is 3. The van der Waals surface area contributed by atoms with Crippen molar-refractivity contribution in [3.8, 4) is 0 Å². The first kappa shape index (κ1) is 14.4. The molecular formula is C10H17ClN2OS. The largest absolute Gasteiger partial charge is 0.356 e. The smallest absolute Gasteiger partial charge is 0.220 e. The van der Waals surface area contributed by atoms with E-state index in [0.29, 0.717) is 19.5 Å². The SMILES string of the molecule is Cl.NCCCNC(=O)CCc1ccsc1. The third kappa shape index (κ3) is 6.49. The fraction of sp³-hybridized carbons (Fsp3) is 0.500. The summed E-state index contributed by atoms with van der Waals surface area (Å²) in [6.45, 7) is 1.32. The van der Waals surface area contributed by atoms with Crippen molar-refractivity contribution in [3.05, 3.63) is 22.4 Å². The van der Waals surface area contributed by atoms with E-state index in [1.807, 2.05) is 5.38 Å². The third-order valence-electron chi connectivity index (χ3n) is 1.92. The maximum Gasteiger partial charge on any atom is 0.220 e. The van der Waals surface area contributed by atoms with Crippen LogP contribution in [0.4, 0.5) is 0 Å². The Morgan fingerprint density at radius 2 is 2.33 bits per heavy atom. The summed E-state index contributed by atoms with van der Waals surface area (Å²) < 4.78 is 0. The van der Waals surface area contributed by atoms with Crippen molar-refractivity contribution in [1.82, 2.24) is 5.32 Å². The van der Waals surface area contributed by atoms with E-state index in [0.717, 1.165) is 12.8 Å². The quantitative estimate of drug-likeness (QED) is 0.751. The van der Waals surface area contributed by atoms with Crippen molar-refractivity contribution in [1.29, 1.82) is 0 Å². The summed E-state index contributed by atoms with van der Waals surface area (Å²) in [4.78, 5) is 11.3. The second-order valence-electron chi connectivity index (χ2n) is 3.12. The highest BCUT2D eigenvalue weighted by Gasteiger charge is 2.01. The molecule has 0 bridgehead atoms. The van der Waals surface area contributed by atoms with Crippen LogP contribution >= 0.6 is 23.7 Å². The van der Waals surface area contributed by atoms with Crippen molar-refractivity contribution in [2.75, 3.05) is 13.1 Å². The molecule has 1 aromatic heterocycles. The predicted molar refractivity (Wildman–Crippen MR) is 66.6 cm³/mol. The van der Waals surface area contributed by atoms with Gasteiger partial charge in [-0.25, -0.2) is 0 Å². The van der Waals surface area contributed by atoms with E-state index in [1.54, 1.807) is 11.3 Å². The van der Waals surface area contributed by atoms with E-state index in [-0.39, 0.29) is 18.3 Å². The molecule has 1 heterocycles. The molecule has 5 heteroatoms. The second-order valence-corrected chi connectivity index (χ2v) is 3.90. The van der Waals surface area contributed by atoms with Gasteiger partial charge in [0.25, 0.3) is 0 Å². The molecule has 1 aromatic rings. The summed E-state index contributed by atoms with van der Waals surface area (Å²) in [7, 11) is 0. The second kappa shape index (κ2) is 8.71. The van der Waals surface area contributed by atoms with Crippen LogP contribution in [0.25, 0.3) is 0 Å². The van der Waals surface area contributed by atoms with Gasteiger partial charge in [0.15, 0.2) is 0 Å². The van der Waals surface area contributed by atoms with Gasteiger partial charge in [-0.3, -0.25) is 4.79 Å². The zero-order valence-corrected chi connectivity index (χ0v) is 10.2. The highest BCUT2D eigenvalue weighted by atomic mass is 35.5. The monoisotopic (exact) mass is 248 g/mol. The molecule has 0 saturated carbocycles. The summed E-state index contributed by atoms with van der Waals surface area (Å²) >= 11 is 1.66. The number of carbonyl (C=O) groups excluding carboxylic acids is 1. The number of aryl methyl sites for hydroxylation is 1. The number of thiophene rings is 1. The van der Waals surface area contributed by atoms with Crippen molar-refractivity contribution in [3.63, 3.8) is 0 Å². The number of halogens is 1.